The predicted molar refractivity (Wildman–Crippen MR) is 134 cm³/mol. The van der Waals surface area contributed by atoms with Crippen LogP contribution in [-0.4, -0.2) is 66.4 Å². The number of hydrogen-bond donors (Lipinski definition) is 1. The van der Waals surface area contributed by atoms with E-state index in [4.69, 9.17) is 0 Å². The van der Waals surface area contributed by atoms with Crippen LogP contribution in [0.25, 0.3) is 0 Å². The molecule has 0 aromatic heterocycles. The maximum atomic E-state index is 13.6. The Hall–Kier alpha value is -2.58. The molecule has 1 aliphatic heterocycles. The molecule has 0 radical (unpaired) electrons. The van der Waals surface area contributed by atoms with E-state index >= 15 is 0 Å². The first-order valence-electron chi connectivity index (χ1n) is 12.5. The summed E-state index contributed by atoms with van der Waals surface area (Å²) in [5.41, 5.74) is 2.83. The lowest BCUT2D eigenvalue weighted by molar-refractivity contribution is -0.139. The number of carbonyl (C=O) groups excluding carboxylic acids is 1. The highest BCUT2D eigenvalue weighted by molar-refractivity contribution is 5.81. The number of carbonyl (C=O) groups is 1. The smallest absolute Gasteiger partial charge is 0.376 e. The molecule has 1 aliphatic rings. The van der Waals surface area contributed by atoms with Gasteiger partial charge in [0.2, 0.25) is 5.91 Å². The van der Waals surface area contributed by atoms with E-state index in [1.165, 1.54) is 23.3 Å². The Balaban J connectivity index is 1.77. The molecule has 3 rings (SSSR count). The van der Waals surface area contributed by atoms with Crippen LogP contribution in [0.4, 0.5) is 18.9 Å². The Morgan fingerprint density at radius 2 is 1.77 bits per heavy atom. The van der Waals surface area contributed by atoms with Gasteiger partial charge in [0.1, 0.15) is 0 Å². The SMILES string of the molecule is CCN(CC)CCN(Cc1ccccc1C(F)(F)F)C(=O)CNc1cccc2c1CN(CC)CC2. The molecule has 0 atom stereocenters. The summed E-state index contributed by atoms with van der Waals surface area (Å²) < 4.78 is 40.8. The van der Waals surface area contributed by atoms with Gasteiger partial charge in [-0.25, -0.2) is 0 Å². The van der Waals surface area contributed by atoms with E-state index < -0.39 is 11.7 Å². The highest BCUT2D eigenvalue weighted by Crippen LogP contribution is 2.32. The third-order valence-electron chi connectivity index (χ3n) is 6.85. The van der Waals surface area contributed by atoms with Crippen LogP contribution in [0.5, 0.6) is 0 Å². The Morgan fingerprint density at radius 3 is 2.46 bits per heavy atom. The summed E-state index contributed by atoms with van der Waals surface area (Å²) in [6.45, 7) is 11.6. The highest BCUT2D eigenvalue weighted by atomic mass is 19.4. The maximum absolute atomic E-state index is 13.6. The number of rotatable bonds is 11. The number of alkyl halides is 3. The van der Waals surface area contributed by atoms with Gasteiger partial charge in [-0.2, -0.15) is 13.2 Å². The molecule has 1 amide bonds. The number of nitrogens with zero attached hydrogens (tertiary/aromatic N) is 3. The number of benzene rings is 2. The number of amides is 1. The molecule has 0 unspecified atom stereocenters. The molecule has 2 aromatic carbocycles. The van der Waals surface area contributed by atoms with Gasteiger partial charge in [0.05, 0.1) is 12.1 Å². The summed E-state index contributed by atoms with van der Waals surface area (Å²) >= 11 is 0. The van der Waals surface area contributed by atoms with E-state index in [0.717, 1.165) is 50.9 Å². The normalized spacial score (nSPS) is 14.1. The van der Waals surface area contributed by atoms with Gasteiger partial charge >= 0.3 is 6.18 Å². The molecule has 8 heteroatoms. The zero-order valence-electron chi connectivity index (χ0n) is 21.0. The van der Waals surface area contributed by atoms with Crippen molar-refractivity contribution in [1.82, 2.24) is 14.7 Å². The van der Waals surface area contributed by atoms with Gasteiger partial charge in [-0.05, 0) is 54.9 Å². The van der Waals surface area contributed by atoms with Gasteiger partial charge in [0.25, 0.3) is 0 Å². The molecule has 0 spiro atoms. The van der Waals surface area contributed by atoms with Gasteiger partial charge in [-0.15, -0.1) is 0 Å². The lowest BCUT2D eigenvalue weighted by Gasteiger charge is -2.30. The first kappa shape index (κ1) is 27.0. The standard InChI is InChI=1S/C27H37F3N4O/c1-4-32(5-2)16-17-34(19-22-10-7-8-12-24(22)27(28,29)30)26(35)18-31-25-13-9-11-21-14-15-33(6-3)20-23(21)25/h7-13,31H,4-6,14-20H2,1-3H3. The van der Waals surface area contributed by atoms with Crippen LogP contribution < -0.4 is 5.32 Å². The summed E-state index contributed by atoms with van der Waals surface area (Å²) in [4.78, 5) is 19.4. The zero-order chi connectivity index (χ0) is 25.4. The molecular formula is C27H37F3N4O. The summed E-state index contributed by atoms with van der Waals surface area (Å²) in [6, 6.07) is 11.6. The minimum absolute atomic E-state index is 0.0367. The second-order valence-electron chi connectivity index (χ2n) is 8.91. The average molecular weight is 491 g/mol. The molecule has 0 bridgehead atoms. The summed E-state index contributed by atoms with van der Waals surface area (Å²) in [6.07, 6.45) is -3.49. The Labute approximate surface area is 206 Å². The third kappa shape index (κ3) is 7.21. The second kappa shape index (κ2) is 12.4. The van der Waals surface area contributed by atoms with Crippen molar-refractivity contribution in [3.05, 3.63) is 64.7 Å². The fraction of sp³-hybridized carbons (Fsp3) is 0.519. The molecule has 5 nitrogen and oxygen atoms in total. The Morgan fingerprint density at radius 1 is 1.03 bits per heavy atom. The zero-order valence-corrected chi connectivity index (χ0v) is 21.0. The second-order valence-corrected chi connectivity index (χ2v) is 8.91. The van der Waals surface area contributed by atoms with Crippen molar-refractivity contribution in [3.63, 3.8) is 0 Å². The van der Waals surface area contributed by atoms with Gasteiger partial charge in [-0.3, -0.25) is 9.69 Å². The number of fused-ring (bicyclic) bond motifs is 1. The number of nitrogens with one attached hydrogen (secondary N) is 1. The van der Waals surface area contributed by atoms with E-state index in [0.29, 0.717) is 13.1 Å². The molecule has 0 saturated heterocycles. The summed E-state index contributed by atoms with van der Waals surface area (Å²) in [7, 11) is 0. The molecule has 35 heavy (non-hydrogen) atoms. The predicted octanol–water partition coefficient (Wildman–Crippen LogP) is 4.87. The van der Waals surface area contributed by atoms with Crippen molar-refractivity contribution >= 4 is 11.6 Å². The summed E-state index contributed by atoms with van der Waals surface area (Å²) in [5, 5.41) is 3.29. The van der Waals surface area contributed by atoms with Crippen LogP contribution in [0.1, 0.15) is 43.0 Å². The van der Waals surface area contributed by atoms with E-state index in [-0.39, 0.29) is 24.6 Å². The van der Waals surface area contributed by atoms with Crippen molar-refractivity contribution < 1.29 is 18.0 Å². The molecule has 0 saturated carbocycles. The minimum Gasteiger partial charge on any atom is -0.376 e. The fourth-order valence-electron chi connectivity index (χ4n) is 4.59. The molecule has 192 valence electrons. The number of halogens is 3. The molecule has 1 N–H and O–H groups in total. The number of hydrogen-bond acceptors (Lipinski definition) is 4. The van der Waals surface area contributed by atoms with E-state index in [1.807, 2.05) is 26.0 Å². The van der Waals surface area contributed by atoms with Crippen LogP contribution in [0.3, 0.4) is 0 Å². The lowest BCUT2D eigenvalue weighted by Crippen LogP contribution is -2.41. The largest absolute Gasteiger partial charge is 0.416 e. The first-order chi connectivity index (χ1) is 16.8. The van der Waals surface area contributed by atoms with E-state index in [9.17, 15) is 18.0 Å². The highest BCUT2D eigenvalue weighted by Gasteiger charge is 2.33. The Kier molecular flexibility index (Phi) is 9.57. The van der Waals surface area contributed by atoms with Crippen molar-refractivity contribution in [2.75, 3.05) is 51.1 Å². The van der Waals surface area contributed by atoms with Crippen LogP contribution in [0.15, 0.2) is 42.5 Å². The third-order valence-corrected chi connectivity index (χ3v) is 6.85. The number of anilines is 1. The van der Waals surface area contributed by atoms with Gasteiger partial charge in [0, 0.05) is 38.4 Å². The molecule has 1 heterocycles. The molecule has 0 aliphatic carbocycles. The Bertz CT molecular complexity index is 975. The van der Waals surface area contributed by atoms with Crippen LogP contribution >= 0.6 is 0 Å². The topological polar surface area (TPSA) is 38.8 Å². The number of likely N-dealkylation sites (N-methyl/N-ethyl adjacent to an activating group) is 2. The van der Waals surface area contributed by atoms with Crippen LogP contribution in [0, 0.1) is 0 Å². The van der Waals surface area contributed by atoms with Crippen molar-refractivity contribution in [2.24, 2.45) is 0 Å². The van der Waals surface area contributed by atoms with E-state index in [2.05, 4.69) is 28.1 Å². The van der Waals surface area contributed by atoms with E-state index in [1.54, 1.807) is 11.0 Å². The molecule has 0 fully saturated rings. The first-order valence-corrected chi connectivity index (χ1v) is 12.5. The van der Waals surface area contributed by atoms with Crippen molar-refractivity contribution in [1.29, 1.82) is 0 Å². The van der Waals surface area contributed by atoms with Crippen molar-refractivity contribution in [3.8, 4) is 0 Å². The quantitative estimate of drug-likeness (QED) is 0.488. The molecule has 2 aromatic rings. The van der Waals surface area contributed by atoms with Crippen molar-refractivity contribution in [2.45, 2.75) is 46.5 Å². The average Bonchev–Trinajstić information content (AvgIpc) is 2.86. The van der Waals surface area contributed by atoms with Crippen LogP contribution in [-0.2, 0) is 30.5 Å². The minimum atomic E-state index is -4.46. The van der Waals surface area contributed by atoms with Gasteiger partial charge in [0.15, 0.2) is 0 Å². The van der Waals surface area contributed by atoms with Crippen LogP contribution in [0.2, 0.25) is 0 Å². The summed E-state index contributed by atoms with van der Waals surface area (Å²) in [5.74, 6) is -0.213. The van der Waals surface area contributed by atoms with Gasteiger partial charge in [-0.1, -0.05) is 51.1 Å². The fourth-order valence-corrected chi connectivity index (χ4v) is 4.59. The monoisotopic (exact) mass is 490 g/mol. The lowest BCUT2D eigenvalue weighted by atomic mass is 9.98. The molecular weight excluding hydrogens is 453 g/mol. The maximum Gasteiger partial charge on any atom is 0.416 e. The van der Waals surface area contributed by atoms with Gasteiger partial charge < -0.3 is 15.1 Å².